The molecule has 1 aromatic rings. The molecule has 0 heterocycles. The summed E-state index contributed by atoms with van der Waals surface area (Å²) in [5.74, 6) is -10.3. The Kier molecular flexibility index (Phi) is 6.09. The van der Waals surface area contributed by atoms with Crippen LogP contribution in [0.4, 0.5) is 5.69 Å². The topological polar surface area (TPSA) is 158 Å². The van der Waals surface area contributed by atoms with Gasteiger partial charge in [0.25, 0.3) is 0 Å². The van der Waals surface area contributed by atoms with Crippen molar-refractivity contribution in [1.29, 1.82) is 0 Å². The first-order valence-electron chi connectivity index (χ1n) is 11.9. The molecule has 1 aromatic carbocycles. The van der Waals surface area contributed by atoms with Gasteiger partial charge in [-0.1, -0.05) is 0 Å². The molecule has 2 fully saturated rings. The van der Waals surface area contributed by atoms with Gasteiger partial charge in [0.2, 0.25) is 5.91 Å². The van der Waals surface area contributed by atoms with E-state index in [2.05, 4.69) is 0 Å². The zero-order chi connectivity index (χ0) is 26.0. The fourth-order valence-electron chi connectivity index (χ4n) is 6.45. The van der Waals surface area contributed by atoms with E-state index in [4.69, 9.17) is 5.73 Å². The van der Waals surface area contributed by atoms with Gasteiger partial charge in [-0.15, -0.1) is 0 Å². The first-order chi connectivity index (χ1) is 16.4. The first-order valence-corrected chi connectivity index (χ1v) is 11.9. The number of carbonyl (C=O) groups is 5. The second kappa shape index (κ2) is 8.53. The number of rotatable bonds is 5. The number of hydrogen-bond donors (Lipinski definition) is 3. The minimum absolute atomic E-state index is 0.0148. The molecule has 10 nitrogen and oxygen atoms in total. The van der Waals surface area contributed by atoms with Crippen LogP contribution in [-0.4, -0.2) is 83.0 Å². The van der Waals surface area contributed by atoms with Crippen molar-refractivity contribution in [3.8, 4) is 5.75 Å². The van der Waals surface area contributed by atoms with Crippen LogP contribution >= 0.6 is 0 Å². The smallest absolute Gasteiger partial charge is 0.235 e. The van der Waals surface area contributed by atoms with Gasteiger partial charge in [0.15, 0.2) is 34.7 Å². The van der Waals surface area contributed by atoms with Gasteiger partial charge in [0.1, 0.15) is 5.75 Å². The number of Topliss-reactive ketones (excluding diaryl/α,β-unsaturated/α-hetero) is 4. The van der Waals surface area contributed by atoms with Crippen molar-refractivity contribution < 1.29 is 34.2 Å². The molecule has 4 unspecified atom stereocenters. The average Bonchev–Trinajstić information content (AvgIpc) is 2.78. The predicted molar refractivity (Wildman–Crippen MR) is 125 cm³/mol. The number of nitrogens with zero attached hydrogens (tertiary/aromatic N) is 2. The van der Waals surface area contributed by atoms with Crippen molar-refractivity contribution in [2.45, 2.75) is 38.3 Å². The van der Waals surface area contributed by atoms with Gasteiger partial charge in [-0.2, -0.15) is 0 Å². The molecule has 0 saturated heterocycles. The second-order valence-electron chi connectivity index (χ2n) is 9.92. The maximum atomic E-state index is 13.8. The lowest BCUT2D eigenvalue weighted by Gasteiger charge is -2.52. The highest BCUT2D eigenvalue weighted by molar-refractivity contribution is 6.32. The Morgan fingerprint density at radius 3 is 2.29 bits per heavy atom. The van der Waals surface area contributed by atoms with Crippen molar-refractivity contribution in [3.05, 3.63) is 23.3 Å². The molecule has 10 heteroatoms. The van der Waals surface area contributed by atoms with Gasteiger partial charge < -0.3 is 20.8 Å². The van der Waals surface area contributed by atoms with Crippen LogP contribution in [0.25, 0.3) is 0 Å². The minimum atomic E-state index is -2.71. The molecule has 35 heavy (non-hydrogen) atoms. The second-order valence-corrected chi connectivity index (χ2v) is 9.92. The summed E-state index contributed by atoms with van der Waals surface area (Å²) in [6.45, 7) is 5.27. The van der Waals surface area contributed by atoms with E-state index < -0.39 is 64.4 Å². The maximum absolute atomic E-state index is 13.8. The number of phenolic OH excluding ortho intramolecular Hbond substituents is 1. The highest BCUT2D eigenvalue weighted by Crippen LogP contribution is 2.51. The number of ketones is 4. The number of aromatic hydroxyl groups is 1. The van der Waals surface area contributed by atoms with Crippen molar-refractivity contribution >= 4 is 34.7 Å². The summed E-state index contributed by atoms with van der Waals surface area (Å²) in [6.07, 6.45) is 0.295. The quantitative estimate of drug-likeness (QED) is 0.477. The molecule has 0 radical (unpaired) electrons. The Morgan fingerprint density at radius 1 is 1.11 bits per heavy atom. The van der Waals surface area contributed by atoms with E-state index in [9.17, 15) is 34.2 Å². The molecule has 3 aliphatic rings. The van der Waals surface area contributed by atoms with Crippen LogP contribution in [0.5, 0.6) is 5.75 Å². The lowest BCUT2D eigenvalue weighted by Crippen LogP contribution is -2.74. The Bertz CT molecular complexity index is 1140. The largest absolute Gasteiger partial charge is 0.507 e. The summed E-state index contributed by atoms with van der Waals surface area (Å²) < 4.78 is 0. The van der Waals surface area contributed by atoms with E-state index in [1.807, 2.05) is 18.7 Å². The molecule has 2 saturated carbocycles. The number of primary amides is 1. The van der Waals surface area contributed by atoms with Crippen molar-refractivity contribution in [1.82, 2.24) is 4.90 Å². The van der Waals surface area contributed by atoms with Crippen molar-refractivity contribution in [2.75, 3.05) is 32.1 Å². The lowest BCUT2D eigenvalue weighted by molar-refractivity contribution is -0.181. The number of amides is 1. The Morgan fingerprint density at radius 2 is 1.74 bits per heavy atom. The van der Waals surface area contributed by atoms with Crippen LogP contribution in [0.1, 0.15) is 36.2 Å². The molecule has 1 amide bonds. The third-order valence-corrected chi connectivity index (χ3v) is 8.02. The Hall–Kier alpha value is -3.11. The average molecular weight is 486 g/mol. The van der Waals surface area contributed by atoms with Crippen LogP contribution in [-0.2, 0) is 25.6 Å². The van der Waals surface area contributed by atoms with Gasteiger partial charge in [0, 0.05) is 24.7 Å². The highest BCUT2D eigenvalue weighted by Gasteiger charge is 2.69. The van der Waals surface area contributed by atoms with Crippen molar-refractivity contribution in [2.24, 2.45) is 29.4 Å². The van der Waals surface area contributed by atoms with E-state index in [1.165, 1.54) is 11.0 Å². The molecule has 4 rings (SSSR count). The first kappa shape index (κ1) is 25.0. The summed E-state index contributed by atoms with van der Waals surface area (Å²) >= 11 is 0. The molecular formula is C25H31N3O7. The zero-order valence-electron chi connectivity index (χ0n) is 20.3. The van der Waals surface area contributed by atoms with Crippen LogP contribution in [0.3, 0.4) is 0 Å². The monoisotopic (exact) mass is 485 g/mol. The minimum Gasteiger partial charge on any atom is -0.507 e. The van der Waals surface area contributed by atoms with Crippen LogP contribution < -0.4 is 10.6 Å². The van der Waals surface area contributed by atoms with Crippen LogP contribution in [0.15, 0.2) is 12.1 Å². The third-order valence-electron chi connectivity index (χ3n) is 8.02. The summed E-state index contributed by atoms with van der Waals surface area (Å²) in [5, 5.41) is 22.1. The summed E-state index contributed by atoms with van der Waals surface area (Å²) in [6, 6.07) is 2.04. The van der Waals surface area contributed by atoms with Crippen LogP contribution in [0, 0.1) is 23.7 Å². The summed E-state index contributed by atoms with van der Waals surface area (Å²) in [5.41, 5.74) is 4.02. The molecule has 0 bridgehead atoms. The number of likely N-dealkylation sites (N-methyl/N-ethyl adjacent to an activating group) is 1. The van der Waals surface area contributed by atoms with Gasteiger partial charge in [-0.05, 0) is 64.4 Å². The van der Waals surface area contributed by atoms with E-state index in [1.54, 1.807) is 20.2 Å². The van der Waals surface area contributed by atoms with Crippen LogP contribution in [0.2, 0.25) is 0 Å². The number of nitrogens with two attached hydrogens (primary N) is 1. The van der Waals surface area contributed by atoms with E-state index in [0.29, 0.717) is 18.7 Å². The fourth-order valence-corrected chi connectivity index (χ4v) is 6.45. The summed E-state index contributed by atoms with van der Waals surface area (Å²) in [7, 11) is 3.12. The molecule has 0 spiro atoms. The molecular weight excluding hydrogens is 454 g/mol. The molecule has 188 valence electrons. The van der Waals surface area contributed by atoms with E-state index >= 15 is 0 Å². The fraction of sp³-hybridized carbons (Fsp3) is 0.560. The number of carbonyl (C=O) groups excluding carboxylic acids is 5. The number of aliphatic hydroxyl groups is 1. The zero-order valence-corrected chi connectivity index (χ0v) is 20.3. The molecule has 3 aliphatic carbocycles. The molecule has 4 N–H and O–H groups in total. The maximum Gasteiger partial charge on any atom is 0.235 e. The normalized spacial score (nSPS) is 32.2. The lowest BCUT2D eigenvalue weighted by atomic mass is 9.52. The number of benzene rings is 1. The van der Waals surface area contributed by atoms with Gasteiger partial charge in [0.05, 0.1) is 17.5 Å². The molecule has 0 aromatic heterocycles. The molecule has 6 atom stereocenters. The number of hydrogen-bond acceptors (Lipinski definition) is 9. The Balaban J connectivity index is 1.88. The molecule has 0 aliphatic heterocycles. The number of phenols is 1. The standard InChI is InChI=1S/C25H31N3O7/c1-5-28(6-2)14-7-8-15(29)17-12(14)9-11-10-13-19(27(3)4)21(31)18(24(26)34)23(33)25(13,35)22(32)16(11)20(17)30/h7-8,11,13,16,18-19,29,35H,5-6,9-10H2,1-4H3,(H2,26,34)/t11?,13?,16?,18?,19-,25-/m0/s1. The highest BCUT2D eigenvalue weighted by atomic mass is 16.3. The van der Waals surface area contributed by atoms with Crippen molar-refractivity contribution in [3.63, 3.8) is 0 Å². The van der Waals surface area contributed by atoms with E-state index in [-0.39, 0.29) is 24.2 Å². The van der Waals surface area contributed by atoms with Gasteiger partial charge >= 0.3 is 0 Å². The SMILES string of the molecule is CCN(CC)c1ccc(O)c2c1CC1CC3[C@H](N(C)C)C(=O)C(C(N)=O)C(=O)[C@@]3(O)C(=O)C1C2=O. The Labute approximate surface area is 203 Å². The predicted octanol–water partition coefficient (Wildman–Crippen LogP) is -0.287. The van der Waals surface area contributed by atoms with Gasteiger partial charge in [-0.3, -0.25) is 28.9 Å². The summed E-state index contributed by atoms with van der Waals surface area (Å²) in [4.78, 5) is 69.3. The third kappa shape index (κ3) is 3.34. The number of fused-ring (bicyclic) bond motifs is 3. The van der Waals surface area contributed by atoms with Gasteiger partial charge in [-0.25, -0.2) is 0 Å². The number of anilines is 1. The van der Waals surface area contributed by atoms with E-state index in [0.717, 1.165) is 5.69 Å².